The maximum Gasteiger partial charge on any atom is 0.237 e. The van der Waals surface area contributed by atoms with Crippen LogP contribution in [0.3, 0.4) is 0 Å². The van der Waals surface area contributed by atoms with E-state index in [4.69, 9.17) is 12.2 Å². The molecule has 0 aliphatic carbocycles. The van der Waals surface area contributed by atoms with E-state index in [1.807, 2.05) is 43.3 Å². The van der Waals surface area contributed by atoms with E-state index in [0.717, 1.165) is 33.9 Å². The van der Waals surface area contributed by atoms with E-state index in [1.54, 1.807) is 0 Å². The van der Waals surface area contributed by atoms with Crippen LogP contribution >= 0.6 is 24.0 Å². The molecule has 23 heavy (non-hydrogen) atoms. The molecular formula is C18H22N2OS2. The van der Waals surface area contributed by atoms with Crippen LogP contribution in [0, 0.1) is 0 Å². The van der Waals surface area contributed by atoms with Gasteiger partial charge in [-0.3, -0.25) is 4.79 Å². The smallest absolute Gasteiger partial charge is 0.237 e. The largest absolute Gasteiger partial charge is 0.358 e. The Bertz CT molecular complexity index is 698. The Morgan fingerprint density at radius 2 is 1.83 bits per heavy atom. The van der Waals surface area contributed by atoms with Gasteiger partial charge in [-0.15, -0.1) is 0 Å². The molecule has 0 spiro atoms. The lowest BCUT2D eigenvalue weighted by molar-refractivity contribution is -0.115. The molecule has 0 aliphatic heterocycles. The van der Waals surface area contributed by atoms with Crippen molar-refractivity contribution in [3.63, 3.8) is 0 Å². The first-order valence-electron chi connectivity index (χ1n) is 7.80. The first-order valence-corrected chi connectivity index (χ1v) is 9.09. The molecule has 0 aliphatic rings. The molecule has 5 heteroatoms. The number of benzene rings is 2. The van der Waals surface area contributed by atoms with Crippen molar-refractivity contribution in [1.82, 2.24) is 4.90 Å². The van der Waals surface area contributed by atoms with Gasteiger partial charge in [0.15, 0.2) is 0 Å². The molecule has 0 bridgehead atoms. The minimum absolute atomic E-state index is 0.0280. The minimum atomic E-state index is -0.227. The second kappa shape index (κ2) is 8.31. The molecule has 2 rings (SSSR count). The van der Waals surface area contributed by atoms with E-state index in [9.17, 15) is 4.79 Å². The van der Waals surface area contributed by atoms with Crippen molar-refractivity contribution in [3.05, 3.63) is 42.5 Å². The molecule has 1 amide bonds. The van der Waals surface area contributed by atoms with Gasteiger partial charge in [0, 0.05) is 18.8 Å². The van der Waals surface area contributed by atoms with Crippen molar-refractivity contribution >= 4 is 50.7 Å². The number of carbonyl (C=O) groups is 1. The topological polar surface area (TPSA) is 32.3 Å². The SMILES string of the molecule is CCN(CC)C(=S)S[C@@H](C)C(=O)Nc1ccc2ccccc2c1. The van der Waals surface area contributed by atoms with Gasteiger partial charge in [0.1, 0.15) is 4.32 Å². The standard InChI is InChI=1S/C18H22N2OS2/c1-4-20(5-2)18(22)23-13(3)17(21)19-16-11-10-14-8-6-7-9-15(14)12-16/h6-13H,4-5H2,1-3H3,(H,19,21)/t13-/m0/s1. The number of rotatable bonds is 5. The molecule has 0 heterocycles. The summed E-state index contributed by atoms with van der Waals surface area (Å²) in [4.78, 5) is 14.5. The van der Waals surface area contributed by atoms with Crippen LogP contribution in [0.15, 0.2) is 42.5 Å². The lowest BCUT2D eigenvalue weighted by Crippen LogP contribution is -2.31. The molecule has 0 aromatic heterocycles. The molecule has 0 saturated carbocycles. The maximum absolute atomic E-state index is 12.4. The average Bonchev–Trinajstić information content (AvgIpc) is 2.55. The summed E-state index contributed by atoms with van der Waals surface area (Å²) in [6.07, 6.45) is 0. The van der Waals surface area contributed by atoms with Crippen LogP contribution in [0.4, 0.5) is 5.69 Å². The number of thiocarbonyl (C=S) groups is 1. The summed E-state index contributed by atoms with van der Waals surface area (Å²) < 4.78 is 0.774. The Kier molecular flexibility index (Phi) is 6.42. The van der Waals surface area contributed by atoms with Gasteiger partial charge in [0.2, 0.25) is 5.91 Å². The number of thioether (sulfide) groups is 1. The molecule has 0 fully saturated rings. The van der Waals surface area contributed by atoms with Crippen LogP contribution in [0.2, 0.25) is 0 Å². The van der Waals surface area contributed by atoms with E-state index in [2.05, 4.69) is 30.1 Å². The van der Waals surface area contributed by atoms with Gasteiger partial charge < -0.3 is 10.2 Å². The van der Waals surface area contributed by atoms with Crippen molar-refractivity contribution in [2.24, 2.45) is 0 Å². The van der Waals surface area contributed by atoms with Crippen molar-refractivity contribution in [2.75, 3.05) is 18.4 Å². The molecule has 0 radical (unpaired) electrons. The zero-order valence-corrected chi connectivity index (χ0v) is 15.3. The number of anilines is 1. The first kappa shape index (κ1) is 17.8. The summed E-state index contributed by atoms with van der Waals surface area (Å²) in [7, 11) is 0. The fourth-order valence-corrected chi connectivity index (χ4v) is 3.84. The fourth-order valence-electron chi connectivity index (χ4n) is 2.27. The third-order valence-corrected chi connectivity index (χ3v) is 5.26. The summed E-state index contributed by atoms with van der Waals surface area (Å²) >= 11 is 6.84. The Balaban J connectivity index is 2.00. The Labute approximate surface area is 147 Å². The number of fused-ring (bicyclic) bond motifs is 1. The monoisotopic (exact) mass is 346 g/mol. The van der Waals surface area contributed by atoms with Crippen LogP contribution in [0.25, 0.3) is 10.8 Å². The summed E-state index contributed by atoms with van der Waals surface area (Å²) in [5.74, 6) is -0.0280. The summed E-state index contributed by atoms with van der Waals surface area (Å²) in [6, 6.07) is 14.0. The van der Waals surface area contributed by atoms with Gasteiger partial charge in [0.05, 0.1) is 5.25 Å². The zero-order chi connectivity index (χ0) is 16.8. The van der Waals surface area contributed by atoms with Gasteiger partial charge in [-0.1, -0.05) is 54.3 Å². The van der Waals surface area contributed by atoms with Crippen molar-refractivity contribution in [1.29, 1.82) is 0 Å². The van der Waals surface area contributed by atoms with E-state index < -0.39 is 0 Å². The van der Waals surface area contributed by atoms with E-state index in [-0.39, 0.29) is 11.2 Å². The highest BCUT2D eigenvalue weighted by molar-refractivity contribution is 8.23. The zero-order valence-electron chi connectivity index (χ0n) is 13.7. The maximum atomic E-state index is 12.4. The van der Waals surface area contributed by atoms with Crippen molar-refractivity contribution in [3.8, 4) is 0 Å². The predicted octanol–water partition coefficient (Wildman–Crippen LogP) is 4.53. The fraction of sp³-hybridized carbons (Fsp3) is 0.333. The second-order valence-corrected chi connectivity index (χ2v) is 7.22. The molecule has 3 nitrogen and oxygen atoms in total. The van der Waals surface area contributed by atoms with Gasteiger partial charge >= 0.3 is 0 Å². The highest BCUT2D eigenvalue weighted by Crippen LogP contribution is 2.21. The summed E-state index contributed by atoms with van der Waals surface area (Å²) in [5, 5.41) is 5.03. The number of carbonyl (C=O) groups excluding carboxylic acids is 1. The number of nitrogens with one attached hydrogen (secondary N) is 1. The van der Waals surface area contributed by atoms with Crippen molar-refractivity contribution in [2.45, 2.75) is 26.0 Å². The van der Waals surface area contributed by atoms with Crippen LogP contribution in [0.1, 0.15) is 20.8 Å². The quantitative estimate of drug-likeness (QED) is 0.807. The summed E-state index contributed by atoms with van der Waals surface area (Å²) in [5.41, 5.74) is 0.815. The lowest BCUT2D eigenvalue weighted by atomic mass is 10.1. The summed E-state index contributed by atoms with van der Waals surface area (Å²) in [6.45, 7) is 7.74. The number of hydrogen-bond donors (Lipinski definition) is 1. The number of amides is 1. The van der Waals surface area contributed by atoms with Crippen LogP contribution < -0.4 is 5.32 Å². The highest BCUT2D eigenvalue weighted by atomic mass is 32.2. The van der Waals surface area contributed by atoms with E-state index in [1.165, 1.54) is 11.8 Å². The Morgan fingerprint density at radius 1 is 1.17 bits per heavy atom. The minimum Gasteiger partial charge on any atom is -0.358 e. The van der Waals surface area contributed by atoms with Crippen LogP contribution in [-0.4, -0.2) is 33.5 Å². The third kappa shape index (κ3) is 4.69. The first-order chi connectivity index (χ1) is 11.0. The normalized spacial score (nSPS) is 12.0. The van der Waals surface area contributed by atoms with E-state index >= 15 is 0 Å². The van der Waals surface area contributed by atoms with Gasteiger partial charge in [-0.05, 0) is 43.7 Å². The Hall–Kier alpha value is -1.59. The Morgan fingerprint density at radius 3 is 2.48 bits per heavy atom. The predicted molar refractivity (Wildman–Crippen MR) is 105 cm³/mol. The molecule has 122 valence electrons. The van der Waals surface area contributed by atoms with Gasteiger partial charge in [-0.2, -0.15) is 0 Å². The third-order valence-electron chi connectivity index (χ3n) is 3.69. The molecular weight excluding hydrogens is 324 g/mol. The van der Waals surface area contributed by atoms with Gasteiger partial charge in [-0.25, -0.2) is 0 Å². The molecule has 0 unspecified atom stereocenters. The number of nitrogens with zero attached hydrogens (tertiary/aromatic N) is 1. The van der Waals surface area contributed by atoms with Crippen molar-refractivity contribution < 1.29 is 4.79 Å². The van der Waals surface area contributed by atoms with Crippen LogP contribution in [0.5, 0.6) is 0 Å². The van der Waals surface area contributed by atoms with Crippen LogP contribution in [-0.2, 0) is 4.79 Å². The lowest BCUT2D eigenvalue weighted by Gasteiger charge is -2.22. The van der Waals surface area contributed by atoms with E-state index in [0.29, 0.717) is 0 Å². The molecule has 0 saturated heterocycles. The molecule has 1 N–H and O–H groups in total. The van der Waals surface area contributed by atoms with Gasteiger partial charge in [0.25, 0.3) is 0 Å². The second-order valence-electron chi connectivity index (χ2n) is 5.25. The molecule has 1 atom stereocenters. The highest BCUT2D eigenvalue weighted by Gasteiger charge is 2.18. The average molecular weight is 347 g/mol. The molecule has 2 aromatic carbocycles. The molecule has 2 aromatic rings. The number of hydrogen-bond acceptors (Lipinski definition) is 3.